The highest BCUT2D eigenvalue weighted by atomic mass is 79.9. The second-order valence-electron chi connectivity index (χ2n) is 5.26. The molecule has 2 rings (SSSR count). The van der Waals surface area contributed by atoms with Crippen molar-refractivity contribution in [2.45, 2.75) is 25.6 Å². The SMILES string of the molecule is CC1(C)CN(C(=O)c2c[nH]ccc2=O)CC(CBr)O1. The third-order valence-corrected chi connectivity index (χ3v) is 3.72. The highest BCUT2D eigenvalue weighted by Gasteiger charge is 2.35. The molecule has 5 nitrogen and oxygen atoms in total. The van der Waals surface area contributed by atoms with Crippen LogP contribution >= 0.6 is 15.9 Å². The summed E-state index contributed by atoms with van der Waals surface area (Å²) in [6.45, 7) is 4.85. The molecule has 1 aliphatic heterocycles. The molecule has 0 radical (unpaired) electrons. The summed E-state index contributed by atoms with van der Waals surface area (Å²) in [4.78, 5) is 28.6. The highest BCUT2D eigenvalue weighted by Crippen LogP contribution is 2.22. The van der Waals surface area contributed by atoms with E-state index in [0.29, 0.717) is 18.4 Å². The van der Waals surface area contributed by atoms with E-state index in [1.165, 1.54) is 18.5 Å². The number of nitrogens with zero attached hydrogens (tertiary/aromatic N) is 1. The number of alkyl halides is 1. The number of hydrogen-bond donors (Lipinski definition) is 1. The first-order chi connectivity index (χ1) is 8.93. The van der Waals surface area contributed by atoms with E-state index in [1.807, 2.05) is 13.8 Å². The van der Waals surface area contributed by atoms with E-state index in [2.05, 4.69) is 20.9 Å². The predicted octanol–water partition coefficient (Wildman–Crippen LogP) is 1.39. The van der Waals surface area contributed by atoms with Gasteiger partial charge in [0.2, 0.25) is 0 Å². The van der Waals surface area contributed by atoms with Crippen LogP contribution in [0.4, 0.5) is 0 Å². The molecule has 1 unspecified atom stereocenters. The molecule has 1 fully saturated rings. The van der Waals surface area contributed by atoms with Crippen LogP contribution in [-0.2, 0) is 4.74 Å². The molecule has 0 aromatic carbocycles. The Labute approximate surface area is 120 Å². The van der Waals surface area contributed by atoms with Crippen molar-refractivity contribution in [1.82, 2.24) is 9.88 Å². The van der Waals surface area contributed by atoms with Gasteiger partial charge >= 0.3 is 0 Å². The van der Waals surface area contributed by atoms with Crippen molar-refractivity contribution in [1.29, 1.82) is 0 Å². The molecule has 1 aliphatic rings. The van der Waals surface area contributed by atoms with Gasteiger partial charge in [0.25, 0.3) is 5.91 Å². The van der Waals surface area contributed by atoms with Gasteiger partial charge in [-0.05, 0) is 13.8 Å². The molecule has 1 atom stereocenters. The van der Waals surface area contributed by atoms with Gasteiger partial charge in [0.05, 0.1) is 11.7 Å². The summed E-state index contributed by atoms with van der Waals surface area (Å²) in [7, 11) is 0. The Hall–Kier alpha value is -1.14. The molecule has 2 heterocycles. The minimum Gasteiger partial charge on any atom is -0.368 e. The Morgan fingerprint density at radius 3 is 3.00 bits per heavy atom. The maximum absolute atomic E-state index is 12.4. The Morgan fingerprint density at radius 1 is 1.63 bits per heavy atom. The molecular formula is C13H17BrN2O3. The third kappa shape index (κ3) is 3.25. The van der Waals surface area contributed by atoms with Gasteiger partial charge in [-0.2, -0.15) is 0 Å². The standard InChI is InChI=1S/C13H17BrN2O3/c1-13(2)8-16(7-9(5-14)19-13)12(18)10-6-15-4-3-11(10)17/h3-4,6,9H,5,7-8H2,1-2H3,(H,15,17). The molecular weight excluding hydrogens is 312 g/mol. The molecule has 6 heteroatoms. The van der Waals surface area contributed by atoms with E-state index >= 15 is 0 Å². The topological polar surface area (TPSA) is 62.4 Å². The van der Waals surface area contributed by atoms with Crippen LogP contribution in [0.2, 0.25) is 0 Å². The summed E-state index contributed by atoms with van der Waals surface area (Å²) >= 11 is 3.38. The molecule has 0 bridgehead atoms. The number of carbonyl (C=O) groups excluding carboxylic acids is 1. The summed E-state index contributed by atoms with van der Waals surface area (Å²) in [6.07, 6.45) is 2.91. The van der Waals surface area contributed by atoms with E-state index in [1.54, 1.807) is 4.90 Å². The van der Waals surface area contributed by atoms with Gasteiger partial charge in [0.1, 0.15) is 5.56 Å². The molecule has 0 spiro atoms. The van der Waals surface area contributed by atoms with Crippen LogP contribution in [-0.4, -0.2) is 45.9 Å². The average molecular weight is 329 g/mol. The Bertz CT molecular complexity index is 527. The Morgan fingerprint density at radius 2 is 2.37 bits per heavy atom. The number of aromatic amines is 1. The lowest BCUT2D eigenvalue weighted by molar-refractivity contribution is -0.116. The van der Waals surface area contributed by atoms with E-state index in [4.69, 9.17) is 4.74 Å². The molecule has 1 N–H and O–H groups in total. The number of ether oxygens (including phenoxy) is 1. The summed E-state index contributed by atoms with van der Waals surface area (Å²) < 4.78 is 5.84. The van der Waals surface area contributed by atoms with Crippen molar-refractivity contribution in [2.24, 2.45) is 0 Å². The maximum Gasteiger partial charge on any atom is 0.259 e. The van der Waals surface area contributed by atoms with Gasteiger partial charge in [0.15, 0.2) is 5.43 Å². The van der Waals surface area contributed by atoms with Crippen molar-refractivity contribution in [3.63, 3.8) is 0 Å². The molecule has 19 heavy (non-hydrogen) atoms. The largest absolute Gasteiger partial charge is 0.368 e. The van der Waals surface area contributed by atoms with E-state index < -0.39 is 5.60 Å². The lowest BCUT2D eigenvalue weighted by atomic mass is 10.0. The lowest BCUT2D eigenvalue weighted by Gasteiger charge is -2.42. The molecule has 1 amide bonds. The first-order valence-electron chi connectivity index (χ1n) is 6.13. The minimum absolute atomic E-state index is 0.0597. The monoisotopic (exact) mass is 328 g/mol. The van der Waals surface area contributed by atoms with Gasteiger partial charge in [-0.25, -0.2) is 0 Å². The molecule has 104 valence electrons. The zero-order valence-electron chi connectivity index (χ0n) is 11.0. The fourth-order valence-electron chi connectivity index (χ4n) is 2.28. The van der Waals surface area contributed by atoms with Crippen LogP contribution in [0, 0.1) is 0 Å². The number of morpholine rings is 1. The number of carbonyl (C=O) groups is 1. The maximum atomic E-state index is 12.4. The van der Waals surface area contributed by atoms with Crippen LogP contribution in [0.1, 0.15) is 24.2 Å². The van der Waals surface area contributed by atoms with Gasteiger partial charge in [-0.15, -0.1) is 0 Å². The second kappa shape index (κ2) is 5.46. The molecule has 1 aromatic heterocycles. The van der Waals surface area contributed by atoms with Crippen molar-refractivity contribution in [3.05, 3.63) is 34.2 Å². The van der Waals surface area contributed by atoms with Gasteiger partial charge in [-0.1, -0.05) is 15.9 Å². The highest BCUT2D eigenvalue weighted by molar-refractivity contribution is 9.09. The van der Waals surface area contributed by atoms with Crippen molar-refractivity contribution in [3.8, 4) is 0 Å². The normalized spacial score (nSPS) is 22.3. The van der Waals surface area contributed by atoms with Crippen LogP contribution in [0.25, 0.3) is 0 Å². The predicted molar refractivity (Wildman–Crippen MR) is 75.7 cm³/mol. The number of pyridine rings is 1. The van der Waals surface area contributed by atoms with Crippen molar-refractivity contribution < 1.29 is 9.53 Å². The second-order valence-corrected chi connectivity index (χ2v) is 5.91. The fourth-order valence-corrected chi connectivity index (χ4v) is 2.62. The number of nitrogens with one attached hydrogen (secondary N) is 1. The van der Waals surface area contributed by atoms with Crippen LogP contribution in [0.15, 0.2) is 23.3 Å². The van der Waals surface area contributed by atoms with E-state index in [-0.39, 0.29) is 23.0 Å². The number of halogens is 1. The van der Waals surface area contributed by atoms with Crippen molar-refractivity contribution >= 4 is 21.8 Å². The van der Waals surface area contributed by atoms with E-state index in [9.17, 15) is 9.59 Å². The molecule has 0 saturated carbocycles. The van der Waals surface area contributed by atoms with Crippen LogP contribution < -0.4 is 5.43 Å². The molecule has 1 saturated heterocycles. The number of hydrogen-bond acceptors (Lipinski definition) is 3. The Kier molecular flexibility index (Phi) is 4.10. The minimum atomic E-state index is -0.409. The lowest BCUT2D eigenvalue weighted by Crippen LogP contribution is -2.55. The summed E-state index contributed by atoms with van der Waals surface area (Å²) in [5.74, 6) is -0.246. The number of aromatic nitrogens is 1. The zero-order chi connectivity index (χ0) is 14.0. The zero-order valence-corrected chi connectivity index (χ0v) is 12.6. The first kappa shape index (κ1) is 14.3. The van der Waals surface area contributed by atoms with E-state index in [0.717, 1.165) is 0 Å². The number of amides is 1. The smallest absolute Gasteiger partial charge is 0.259 e. The van der Waals surface area contributed by atoms with Crippen molar-refractivity contribution in [2.75, 3.05) is 18.4 Å². The van der Waals surface area contributed by atoms with Gasteiger partial charge < -0.3 is 14.6 Å². The third-order valence-electron chi connectivity index (χ3n) is 3.00. The number of rotatable bonds is 2. The fraction of sp³-hybridized carbons (Fsp3) is 0.538. The Balaban J connectivity index is 2.24. The summed E-state index contributed by atoms with van der Waals surface area (Å²) in [5.41, 5.74) is -0.495. The molecule has 0 aliphatic carbocycles. The number of H-pyrrole nitrogens is 1. The van der Waals surface area contributed by atoms with Gasteiger partial charge in [0, 0.05) is 36.9 Å². The first-order valence-corrected chi connectivity index (χ1v) is 7.25. The quantitative estimate of drug-likeness (QED) is 0.834. The average Bonchev–Trinajstić information content (AvgIpc) is 2.36. The molecule has 1 aromatic rings. The van der Waals surface area contributed by atoms with Crippen LogP contribution in [0.5, 0.6) is 0 Å². The summed E-state index contributed by atoms with van der Waals surface area (Å²) in [5, 5.41) is 0.658. The summed E-state index contributed by atoms with van der Waals surface area (Å²) in [6, 6.07) is 1.36. The van der Waals surface area contributed by atoms with Gasteiger partial charge in [-0.3, -0.25) is 9.59 Å². The van der Waals surface area contributed by atoms with Crippen LogP contribution in [0.3, 0.4) is 0 Å².